The zero-order valence-corrected chi connectivity index (χ0v) is 12.6. The van der Waals surface area contributed by atoms with Crippen LogP contribution >= 0.6 is 39.7 Å². The molecule has 2 aromatic rings. The van der Waals surface area contributed by atoms with Crippen LogP contribution in [-0.4, -0.2) is 9.97 Å². The molecular weight excluding hydrogens is 332 g/mol. The van der Waals surface area contributed by atoms with Crippen molar-refractivity contribution in [2.75, 3.05) is 0 Å². The van der Waals surface area contributed by atoms with Crippen molar-refractivity contribution in [2.45, 2.75) is 18.8 Å². The predicted octanol–water partition coefficient (Wildman–Crippen LogP) is 5.10. The van der Waals surface area contributed by atoms with Crippen LogP contribution < -0.4 is 0 Å². The highest BCUT2D eigenvalue weighted by Crippen LogP contribution is 2.42. The Bertz CT molecular complexity index is 647. The summed E-state index contributed by atoms with van der Waals surface area (Å²) in [5, 5.41) is 0.719. The van der Waals surface area contributed by atoms with E-state index in [4.69, 9.17) is 23.8 Å². The molecule has 1 heterocycles. The average molecular weight is 342 g/mol. The lowest BCUT2D eigenvalue weighted by molar-refractivity contribution is 0.973. The van der Waals surface area contributed by atoms with E-state index < -0.39 is 0 Å². The molecule has 0 amide bonds. The second-order valence-corrected chi connectivity index (χ2v) is 6.02. The zero-order valence-electron chi connectivity index (χ0n) is 9.41. The van der Waals surface area contributed by atoms with Crippen LogP contribution in [0.4, 0.5) is 0 Å². The van der Waals surface area contributed by atoms with Crippen molar-refractivity contribution < 1.29 is 0 Å². The van der Waals surface area contributed by atoms with Crippen molar-refractivity contribution in [3.63, 3.8) is 0 Å². The molecular formula is C13H10BrClN2S. The molecule has 1 aromatic heterocycles. The lowest BCUT2D eigenvalue weighted by atomic mass is 10.2. The van der Waals surface area contributed by atoms with Crippen molar-refractivity contribution in [3.8, 4) is 11.4 Å². The van der Waals surface area contributed by atoms with Crippen LogP contribution in [0, 0.1) is 4.64 Å². The van der Waals surface area contributed by atoms with Gasteiger partial charge in [0.1, 0.15) is 10.5 Å². The quantitative estimate of drug-likeness (QED) is 0.770. The first-order chi connectivity index (χ1) is 8.65. The normalized spacial score (nSPS) is 14.8. The highest BCUT2D eigenvalue weighted by Gasteiger charge is 2.27. The zero-order chi connectivity index (χ0) is 12.7. The van der Waals surface area contributed by atoms with Crippen molar-refractivity contribution in [1.29, 1.82) is 0 Å². The fraction of sp³-hybridized carbons (Fsp3) is 0.231. The van der Waals surface area contributed by atoms with Crippen molar-refractivity contribution in [1.82, 2.24) is 9.97 Å². The summed E-state index contributed by atoms with van der Waals surface area (Å²) in [5.74, 6) is 1.40. The number of rotatable bonds is 2. The van der Waals surface area contributed by atoms with Crippen LogP contribution in [-0.2, 0) is 0 Å². The van der Waals surface area contributed by atoms with Crippen LogP contribution in [0.3, 0.4) is 0 Å². The Kier molecular flexibility index (Phi) is 3.26. The van der Waals surface area contributed by atoms with Crippen LogP contribution in [0.2, 0.25) is 5.02 Å². The molecule has 92 valence electrons. The van der Waals surface area contributed by atoms with Crippen LogP contribution in [0.15, 0.2) is 28.7 Å². The minimum absolute atomic E-state index is 0.593. The third-order valence-corrected chi connectivity index (χ3v) is 4.61. The molecule has 1 saturated carbocycles. The van der Waals surface area contributed by atoms with E-state index in [1.54, 1.807) is 0 Å². The summed E-state index contributed by atoms with van der Waals surface area (Å²) in [4.78, 5) is 7.80. The van der Waals surface area contributed by atoms with Gasteiger partial charge in [-0.05, 0) is 53.0 Å². The Morgan fingerprint density at radius 3 is 2.56 bits per heavy atom. The molecule has 0 unspecified atom stereocenters. The summed E-state index contributed by atoms with van der Waals surface area (Å²) in [6, 6.07) is 7.60. The second kappa shape index (κ2) is 4.76. The number of hydrogen-bond acceptors (Lipinski definition) is 2. The van der Waals surface area contributed by atoms with Crippen molar-refractivity contribution in [3.05, 3.63) is 44.1 Å². The van der Waals surface area contributed by atoms with E-state index in [9.17, 15) is 0 Å². The highest BCUT2D eigenvalue weighted by molar-refractivity contribution is 9.10. The standard InChI is InChI=1S/C13H10BrClN2S/c14-10-11(7-1-2-7)16-12(17-13(10)18)8-3-5-9(15)6-4-8/h3-7H,1-2H2,(H,16,17,18). The molecule has 0 atom stereocenters. The van der Waals surface area contributed by atoms with E-state index in [1.807, 2.05) is 24.3 Å². The van der Waals surface area contributed by atoms with Gasteiger partial charge in [-0.2, -0.15) is 0 Å². The summed E-state index contributed by atoms with van der Waals surface area (Å²) in [6.45, 7) is 0. The molecule has 0 radical (unpaired) electrons. The topological polar surface area (TPSA) is 28.7 Å². The number of aromatic amines is 1. The second-order valence-electron chi connectivity index (χ2n) is 4.40. The van der Waals surface area contributed by atoms with Gasteiger partial charge in [-0.3, -0.25) is 0 Å². The smallest absolute Gasteiger partial charge is 0.144 e. The third-order valence-electron chi connectivity index (χ3n) is 2.99. The Hall–Kier alpha value is -0.710. The van der Waals surface area contributed by atoms with Gasteiger partial charge in [0.05, 0.1) is 4.47 Å². The Labute approximate surface area is 124 Å². The van der Waals surface area contributed by atoms with Gasteiger partial charge in [0.2, 0.25) is 0 Å². The Morgan fingerprint density at radius 1 is 1.28 bits per heavy atom. The van der Waals surface area contributed by atoms with E-state index in [0.29, 0.717) is 10.6 Å². The number of aromatic nitrogens is 2. The summed E-state index contributed by atoms with van der Waals surface area (Å²) in [5.41, 5.74) is 2.17. The molecule has 0 aliphatic heterocycles. The van der Waals surface area contributed by atoms with E-state index in [1.165, 1.54) is 18.5 Å². The van der Waals surface area contributed by atoms with E-state index in [2.05, 4.69) is 25.9 Å². The van der Waals surface area contributed by atoms with E-state index in [0.717, 1.165) is 20.9 Å². The van der Waals surface area contributed by atoms with Gasteiger partial charge in [0.15, 0.2) is 0 Å². The van der Waals surface area contributed by atoms with Gasteiger partial charge in [-0.1, -0.05) is 23.8 Å². The van der Waals surface area contributed by atoms with Gasteiger partial charge in [0.25, 0.3) is 0 Å². The van der Waals surface area contributed by atoms with Gasteiger partial charge < -0.3 is 4.98 Å². The molecule has 0 saturated heterocycles. The minimum Gasteiger partial charge on any atom is -0.342 e. The highest BCUT2D eigenvalue weighted by atomic mass is 79.9. The molecule has 1 aliphatic rings. The molecule has 1 aliphatic carbocycles. The number of nitrogens with one attached hydrogen (secondary N) is 1. The minimum atomic E-state index is 0.593. The van der Waals surface area contributed by atoms with E-state index >= 15 is 0 Å². The summed E-state index contributed by atoms with van der Waals surface area (Å²) >= 11 is 14.7. The van der Waals surface area contributed by atoms with Crippen molar-refractivity contribution in [2.24, 2.45) is 0 Å². The lowest BCUT2D eigenvalue weighted by Gasteiger charge is -2.07. The maximum atomic E-state index is 5.89. The fourth-order valence-corrected chi connectivity index (χ4v) is 2.71. The molecule has 0 bridgehead atoms. The van der Waals surface area contributed by atoms with Crippen LogP contribution in [0.1, 0.15) is 24.5 Å². The first-order valence-corrected chi connectivity index (χ1v) is 7.29. The number of benzene rings is 1. The maximum Gasteiger partial charge on any atom is 0.144 e. The molecule has 3 rings (SSSR count). The molecule has 18 heavy (non-hydrogen) atoms. The number of H-pyrrole nitrogens is 1. The van der Waals surface area contributed by atoms with Crippen LogP contribution in [0.5, 0.6) is 0 Å². The Balaban J connectivity index is 2.12. The third kappa shape index (κ3) is 2.37. The Morgan fingerprint density at radius 2 is 1.94 bits per heavy atom. The predicted molar refractivity (Wildman–Crippen MR) is 79.5 cm³/mol. The van der Waals surface area contributed by atoms with Crippen LogP contribution in [0.25, 0.3) is 11.4 Å². The van der Waals surface area contributed by atoms with Crippen molar-refractivity contribution >= 4 is 39.7 Å². The summed E-state index contributed by atoms with van der Waals surface area (Å²) in [7, 11) is 0. The summed E-state index contributed by atoms with van der Waals surface area (Å²) < 4.78 is 1.54. The largest absolute Gasteiger partial charge is 0.342 e. The molecule has 1 fully saturated rings. The first-order valence-electron chi connectivity index (χ1n) is 5.71. The average Bonchev–Trinajstić information content (AvgIpc) is 3.18. The lowest BCUT2D eigenvalue weighted by Crippen LogP contribution is -1.97. The molecule has 5 heteroatoms. The van der Waals surface area contributed by atoms with E-state index in [-0.39, 0.29) is 0 Å². The number of nitrogens with zero attached hydrogens (tertiary/aromatic N) is 1. The van der Waals surface area contributed by atoms with Gasteiger partial charge in [-0.25, -0.2) is 4.98 Å². The maximum absolute atomic E-state index is 5.89. The molecule has 1 aromatic carbocycles. The molecule has 2 nitrogen and oxygen atoms in total. The number of halogens is 2. The monoisotopic (exact) mass is 340 g/mol. The summed E-state index contributed by atoms with van der Waals surface area (Å²) in [6.07, 6.45) is 2.43. The fourth-order valence-electron chi connectivity index (χ4n) is 1.87. The van der Waals surface area contributed by atoms with Gasteiger partial charge in [0, 0.05) is 22.2 Å². The SMILES string of the molecule is S=c1nc(-c2ccc(Cl)cc2)[nH]c(C2CC2)c1Br. The van der Waals surface area contributed by atoms with Gasteiger partial charge in [-0.15, -0.1) is 0 Å². The van der Waals surface area contributed by atoms with Gasteiger partial charge >= 0.3 is 0 Å². The number of hydrogen-bond donors (Lipinski definition) is 1. The molecule has 1 N–H and O–H groups in total. The molecule has 0 spiro atoms. The first kappa shape index (κ1) is 12.3.